The molecule has 0 aliphatic heterocycles. The predicted molar refractivity (Wildman–Crippen MR) is 61.4 cm³/mol. The molecule has 0 bridgehead atoms. The number of hydrogen-bond donors (Lipinski definition) is 1. The fourth-order valence-corrected chi connectivity index (χ4v) is 0.715. The summed E-state index contributed by atoms with van der Waals surface area (Å²) in [6.07, 6.45) is 8.61. The van der Waals surface area contributed by atoms with Gasteiger partial charge in [-0.2, -0.15) is 0 Å². The third kappa shape index (κ3) is 17.2. The second-order valence-corrected chi connectivity index (χ2v) is 3.22. The molecule has 0 saturated heterocycles. The zero-order valence-corrected chi connectivity index (χ0v) is 9.38. The number of unbranched alkanes of at least 4 members (excludes halogenated alkanes) is 4. The number of carboxylic acids is 1. The van der Waals surface area contributed by atoms with E-state index in [1.165, 1.54) is 39.0 Å². The summed E-state index contributed by atoms with van der Waals surface area (Å²) >= 11 is 0. The van der Waals surface area contributed by atoms with E-state index in [2.05, 4.69) is 20.1 Å². The minimum atomic E-state index is -0.935. The highest BCUT2D eigenvalue weighted by atomic mass is 16.4. The van der Waals surface area contributed by atoms with Crippen LogP contribution in [0.1, 0.15) is 46.0 Å². The van der Waals surface area contributed by atoms with Crippen molar-refractivity contribution in [3.05, 3.63) is 24.8 Å². The third-order valence-corrected chi connectivity index (χ3v) is 1.63. The Morgan fingerprint density at radius 1 is 1.36 bits per heavy atom. The Kier molecular flexibility index (Phi) is 13.2. The Balaban J connectivity index is 0. The van der Waals surface area contributed by atoms with Gasteiger partial charge in [0.15, 0.2) is 0 Å². The molecule has 0 aromatic rings. The molecule has 82 valence electrons. The van der Waals surface area contributed by atoms with Crippen LogP contribution in [0.15, 0.2) is 24.8 Å². The fourth-order valence-electron chi connectivity index (χ4n) is 0.715. The lowest BCUT2D eigenvalue weighted by Crippen LogP contribution is -1.92. The normalized spacial score (nSPS) is 8.43. The molecule has 2 heteroatoms. The lowest BCUT2D eigenvalue weighted by molar-refractivity contribution is -0.132. The van der Waals surface area contributed by atoms with E-state index in [1.54, 1.807) is 0 Å². The Morgan fingerprint density at radius 2 is 1.86 bits per heavy atom. The van der Waals surface area contributed by atoms with Crippen LogP contribution in [-0.4, -0.2) is 11.1 Å². The molecule has 0 aromatic heterocycles. The molecule has 0 fully saturated rings. The maximum absolute atomic E-state index is 9.60. The van der Waals surface area contributed by atoms with Crippen molar-refractivity contribution in [2.45, 2.75) is 46.0 Å². The van der Waals surface area contributed by atoms with Gasteiger partial charge in [0.25, 0.3) is 0 Å². The minimum absolute atomic E-state index is 0.176. The van der Waals surface area contributed by atoms with E-state index >= 15 is 0 Å². The number of carbonyl (C=O) groups is 1. The molecule has 0 unspecified atom stereocenters. The van der Waals surface area contributed by atoms with E-state index in [9.17, 15) is 4.79 Å². The van der Waals surface area contributed by atoms with Gasteiger partial charge in [0, 0.05) is 5.57 Å². The Bertz CT molecular complexity index is 159. The van der Waals surface area contributed by atoms with Crippen molar-refractivity contribution in [2.75, 3.05) is 0 Å². The molecule has 0 spiro atoms. The molecule has 0 rings (SSSR count). The number of hydrogen-bond acceptors (Lipinski definition) is 1. The van der Waals surface area contributed by atoms with Gasteiger partial charge in [-0.1, -0.05) is 38.8 Å². The number of rotatable bonds is 6. The van der Waals surface area contributed by atoms with Crippen LogP contribution >= 0.6 is 0 Å². The van der Waals surface area contributed by atoms with Crippen molar-refractivity contribution in [1.82, 2.24) is 0 Å². The largest absolute Gasteiger partial charge is 0.478 e. The van der Waals surface area contributed by atoms with E-state index in [4.69, 9.17) is 5.11 Å². The van der Waals surface area contributed by atoms with Crippen molar-refractivity contribution in [2.24, 2.45) is 0 Å². The molecule has 2 nitrogen and oxygen atoms in total. The van der Waals surface area contributed by atoms with Crippen molar-refractivity contribution >= 4 is 5.97 Å². The van der Waals surface area contributed by atoms with E-state index in [0.29, 0.717) is 0 Å². The van der Waals surface area contributed by atoms with Crippen LogP contribution in [0.3, 0.4) is 0 Å². The SMILES string of the molecule is C=C(C)C(=O)O.C=CCCCCCC. The van der Waals surface area contributed by atoms with Gasteiger partial charge in [0.1, 0.15) is 0 Å². The van der Waals surface area contributed by atoms with E-state index in [0.717, 1.165) is 0 Å². The second-order valence-electron chi connectivity index (χ2n) is 3.22. The van der Waals surface area contributed by atoms with Crippen LogP contribution in [0.25, 0.3) is 0 Å². The first-order valence-electron chi connectivity index (χ1n) is 5.05. The Labute approximate surface area is 87.3 Å². The smallest absolute Gasteiger partial charge is 0.330 e. The van der Waals surface area contributed by atoms with Crippen LogP contribution in [-0.2, 0) is 4.79 Å². The zero-order chi connectivity index (χ0) is 11.4. The topological polar surface area (TPSA) is 37.3 Å². The summed E-state index contributed by atoms with van der Waals surface area (Å²) in [6, 6.07) is 0. The second kappa shape index (κ2) is 11.9. The first-order chi connectivity index (χ1) is 6.56. The van der Waals surface area contributed by atoms with Crippen molar-refractivity contribution in [1.29, 1.82) is 0 Å². The Hall–Kier alpha value is -1.05. The summed E-state index contributed by atoms with van der Waals surface area (Å²) in [7, 11) is 0. The minimum Gasteiger partial charge on any atom is -0.478 e. The number of aliphatic carboxylic acids is 1. The molecule has 0 atom stereocenters. The molecule has 0 saturated carbocycles. The fraction of sp³-hybridized carbons (Fsp3) is 0.583. The van der Waals surface area contributed by atoms with Crippen LogP contribution < -0.4 is 0 Å². The zero-order valence-electron chi connectivity index (χ0n) is 9.38. The van der Waals surface area contributed by atoms with Crippen molar-refractivity contribution < 1.29 is 9.90 Å². The summed E-state index contributed by atoms with van der Waals surface area (Å²) in [6.45, 7) is 10.5. The monoisotopic (exact) mass is 198 g/mol. The van der Waals surface area contributed by atoms with Gasteiger partial charge in [0.2, 0.25) is 0 Å². The van der Waals surface area contributed by atoms with Gasteiger partial charge < -0.3 is 5.11 Å². The molecular formula is C12H22O2. The molecular weight excluding hydrogens is 176 g/mol. The maximum Gasteiger partial charge on any atom is 0.330 e. The van der Waals surface area contributed by atoms with Gasteiger partial charge in [-0.3, -0.25) is 0 Å². The number of allylic oxidation sites excluding steroid dienone is 1. The van der Waals surface area contributed by atoms with Crippen LogP contribution in [0.5, 0.6) is 0 Å². The van der Waals surface area contributed by atoms with E-state index in [1.807, 2.05) is 6.08 Å². The van der Waals surface area contributed by atoms with Crippen LogP contribution in [0, 0.1) is 0 Å². The molecule has 0 radical (unpaired) electrons. The molecule has 1 N–H and O–H groups in total. The summed E-state index contributed by atoms with van der Waals surface area (Å²) in [5.74, 6) is -0.935. The summed E-state index contributed by atoms with van der Waals surface area (Å²) < 4.78 is 0. The first-order valence-corrected chi connectivity index (χ1v) is 5.05. The van der Waals surface area contributed by atoms with Gasteiger partial charge in [-0.15, -0.1) is 6.58 Å². The standard InChI is InChI=1S/C8H16.C4H6O2/c1-3-5-7-8-6-4-2;1-3(2)4(5)6/h3H,1,4-8H2,2H3;1H2,2H3,(H,5,6). The Morgan fingerprint density at radius 3 is 2.14 bits per heavy atom. The summed E-state index contributed by atoms with van der Waals surface area (Å²) in [5, 5.41) is 7.89. The van der Waals surface area contributed by atoms with Crippen LogP contribution in [0.4, 0.5) is 0 Å². The first kappa shape index (κ1) is 15.4. The highest BCUT2D eigenvalue weighted by Crippen LogP contribution is 2.01. The summed E-state index contributed by atoms with van der Waals surface area (Å²) in [4.78, 5) is 9.60. The summed E-state index contributed by atoms with van der Waals surface area (Å²) in [5.41, 5.74) is 0.176. The average molecular weight is 198 g/mol. The van der Waals surface area contributed by atoms with Gasteiger partial charge >= 0.3 is 5.97 Å². The van der Waals surface area contributed by atoms with Crippen molar-refractivity contribution in [3.63, 3.8) is 0 Å². The average Bonchev–Trinajstić information content (AvgIpc) is 2.13. The van der Waals surface area contributed by atoms with Crippen LogP contribution in [0.2, 0.25) is 0 Å². The lowest BCUT2D eigenvalue weighted by Gasteiger charge is -1.91. The molecule has 0 amide bonds. The molecule has 0 aliphatic rings. The number of carboxylic acid groups (broad SMARTS) is 1. The maximum atomic E-state index is 9.60. The molecule has 0 aromatic carbocycles. The molecule has 0 aliphatic carbocycles. The highest BCUT2D eigenvalue weighted by molar-refractivity contribution is 5.84. The quantitative estimate of drug-likeness (QED) is 0.400. The molecule has 0 heterocycles. The highest BCUT2D eigenvalue weighted by Gasteiger charge is 1.90. The molecule has 14 heavy (non-hydrogen) atoms. The van der Waals surface area contributed by atoms with E-state index < -0.39 is 5.97 Å². The van der Waals surface area contributed by atoms with Gasteiger partial charge in [0.05, 0.1) is 0 Å². The third-order valence-electron chi connectivity index (χ3n) is 1.63. The van der Waals surface area contributed by atoms with Crippen molar-refractivity contribution in [3.8, 4) is 0 Å². The van der Waals surface area contributed by atoms with E-state index in [-0.39, 0.29) is 5.57 Å². The lowest BCUT2D eigenvalue weighted by atomic mass is 10.2. The predicted octanol–water partition coefficient (Wildman–Crippen LogP) is 3.79. The van der Waals surface area contributed by atoms with Gasteiger partial charge in [-0.05, 0) is 19.8 Å². The van der Waals surface area contributed by atoms with Gasteiger partial charge in [-0.25, -0.2) is 4.79 Å².